The molecule has 0 aliphatic carbocycles. The molecule has 2 aromatic heterocycles. The fourth-order valence-corrected chi connectivity index (χ4v) is 4.38. The SMILES string of the molecule is CN(C)CCSc1ccc(C=c2[nH]c(=O)c(=CCC(C)(C)C)[nH]c2=O)s1. The predicted octanol–water partition coefficient (Wildman–Crippen LogP) is 1.82. The highest BCUT2D eigenvalue weighted by atomic mass is 32.2. The zero-order chi connectivity index (χ0) is 19.3. The number of nitrogens with zero attached hydrogens (tertiary/aromatic N) is 1. The largest absolute Gasteiger partial charge is 0.316 e. The molecule has 7 heteroatoms. The van der Waals surface area contributed by atoms with Gasteiger partial charge in [-0.3, -0.25) is 9.59 Å². The molecule has 2 aromatic rings. The molecular weight excluding hydrogens is 366 g/mol. The maximum absolute atomic E-state index is 12.3. The molecule has 5 nitrogen and oxygen atoms in total. The summed E-state index contributed by atoms with van der Waals surface area (Å²) < 4.78 is 1.20. The number of nitrogens with one attached hydrogen (secondary N) is 2. The standard InChI is InChI=1S/C19H27N3O2S2/c1-19(2,3)9-8-14-17(23)21-15(18(24)20-14)12-13-6-7-16(26-13)25-11-10-22(4)5/h6-8,12H,9-11H2,1-5H3,(H,20,24)(H,21,23). The average molecular weight is 394 g/mol. The predicted molar refractivity (Wildman–Crippen MR) is 113 cm³/mol. The molecule has 0 atom stereocenters. The molecule has 0 aliphatic rings. The molecule has 0 fully saturated rings. The third-order valence-corrected chi connectivity index (χ3v) is 5.81. The lowest BCUT2D eigenvalue weighted by atomic mass is 9.92. The molecule has 2 N–H and O–H groups in total. The smallest absolute Gasteiger partial charge is 0.272 e. The van der Waals surface area contributed by atoms with Gasteiger partial charge in [0.25, 0.3) is 11.1 Å². The number of aromatic amines is 2. The maximum Gasteiger partial charge on any atom is 0.272 e. The fraction of sp³-hybridized carbons (Fsp3) is 0.474. The molecule has 0 bridgehead atoms. The van der Waals surface area contributed by atoms with E-state index in [1.165, 1.54) is 4.21 Å². The van der Waals surface area contributed by atoms with Gasteiger partial charge in [0.1, 0.15) is 10.7 Å². The van der Waals surface area contributed by atoms with Gasteiger partial charge in [-0.1, -0.05) is 26.8 Å². The third-order valence-electron chi connectivity index (χ3n) is 3.58. The number of hydrogen-bond acceptors (Lipinski definition) is 5. The Kier molecular flexibility index (Phi) is 7.08. The van der Waals surface area contributed by atoms with Gasteiger partial charge in [0, 0.05) is 17.2 Å². The van der Waals surface area contributed by atoms with E-state index in [0.717, 1.165) is 17.2 Å². The lowest BCUT2D eigenvalue weighted by Crippen LogP contribution is -2.46. The van der Waals surface area contributed by atoms with E-state index >= 15 is 0 Å². The van der Waals surface area contributed by atoms with E-state index in [4.69, 9.17) is 0 Å². The number of rotatable bonds is 6. The Morgan fingerprint density at radius 3 is 2.42 bits per heavy atom. The van der Waals surface area contributed by atoms with E-state index in [0.29, 0.717) is 11.8 Å². The zero-order valence-electron chi connectivity index (χ0n) is 16.0. The van der Waals surface area contributed by atoms with E-state index < -0.39 is 0 Å². The summed E-state index contributed by atoms with van der Waals surface area (Å²) >= 11 is 3.41. The van der Waals surface area contributed by atoms with Crippen molar-refractivity contribution in [3.63, 3.8) is 0 Å². The van der Waals surface area contributed by atoms with Gasteiger partial charge >= 0.3 is 0 Å². The number of thiophene rings is 1. The van der Waals surface area contributed by atoms with Crippen molar-refractivity contribution in [2.24, 2.45) is 5.41 Å². The van der Waals surface area contributed by atoms with Gasteiger partial charge in [0.2, 0.25) is 0 Å². The highest BCUT2D eigenvalue weighted by Crippen LogP contribution is 2.27. The summed E-state index contributed by atoms with van der Waals surface area (Å²) in [5.74, 6) is 1.02. The summed E-state index contributed by atoms with van der Waals surface area (Å²) in [5, 5.41) is 0.614. The molecule has 2 heterocycles. The highest BCUT2D eigenvalue weighted by Gasteiger charge is 2.07. The normalized spacial score (nSPS) is 13.8. The topological polar surface area (TPSA) is 69.0 Å². The Bertz CT molecular complexity index is 962. The minimum absolute atomic E-state index is 0.0613. The molecule has 0 amide bonds. The summed E-state index contributed by atoms with van der Waals surface area (Å²) in [6.45, 7) is 7.27. The van der Waals surface area contributed by atoms with Crippen LogP contribution in [0, 0.1) is 5.41 Å². The van der Waals surface area contributed by atoms with Crippen molar-refractivity contribution >= 4 is 35.3 Å². The van der Waals surface area contributed by atoms with Gasteiger partial charge < -0.3 is 14.9 Å². The molecule has 0 saturated heterocycles. The molecular formula is C19H27N3O2S2. The molecule has 0 unspecified atom stereocenters. The third kappa shape index (κ3) is 6.63. The van der Waals surface area contributed by atoms with Gasteiger partial charge in [-0.15, -0.1) is 23.1 Å². The Hall–Kier alpha value is -1.57. The van der Waals surface area contributed by atoms with E-state index in [-0.39, 0.29) is 21.9 Å². The van der Waals surface area contributed by atoms with Crippen molar-refractivity contribution in [1.82, 2.24) is 14.9 Å². The van der Waals surface area contributed by atoms with E-state index in [2.05, 4.69) is 55.8 Å². The number of thioether (sulfide) groups is 1. The van der Waals surface area contributed by atoms with Crippen LogP contribution in [0.1, 0.15) is 32.1 Å². The lowest BCUT2D eigenvalue weighted by molar-refractivity contribution is 0.431. The summed E-state index contributed by atoms with van der Waals surface area (Å²) in [6.07, 6.45) is 4.23. The molecule has 0 aliphatic heterocycles. The molecule has 0 radical (unpaired) electrons. The van der Waals surface area contributed by atoms with Crippen LogP contribution in [-0.4, -0.2) is 41.3 Å². The van der Waals surface area contributed by atoms with Crippen LogP contribution in [0.4, 0.5) is 0 Å². The highest BCUT2D eigenvalue weighted by molar-refractivity contribution is 8.01. The van der Waals surface area contributed by atoms with Crippen LogP contribution in [0.5, 0.6) is 0 Å². The second-order valence-corrected chi connectivity index (χ2v) is 10.2. The van der Waals surface area contributed by atoms with Crippen LogP contribution >= 0.6 is 23.1 Å². The molecule has 2 rings (SSSR count). The second kappa shape index (κ2) is 8.88. The van der Waals surface area contributed by atoms with Crippen molar-refractivity contribution in [2.45, 2.75) is 31.4 Å². The van der Waals surface area contributed by atoms with Crippen molar-refractivity contribution in [1.29, 1.82) is 0 Å². The molecule has 0 saturated carbocycles. The van der Waals surface area contributed by atoms with E-state index in [1.807, 2.05) is 6.07 Å². The van der Waals surface area contributed by atoms with Crippen LogP contribution in [-0.2, 0) is 0 Å². The van der Waals surface area contributed by atoms with Crippen molar-refractivity contribution in [3.8, 4) is 0 Å². The average Bonchev–Trinajstić information content (AvgIpc) is 2.95. The Labute approximate surface area is 161 Å². The first kappa shape index (κ1) is 20.7. The van der Waals surface area contributed by atoms with Crippen LogP contribution in [0.15, 0.2) is 25.9 Å². The first-order chi connectivity index (χ1) is 12.1. The fourth-order valence-electron chi connectivity index (χ4n) is 2.11. The quantitative estimate of drug-likeness (QED) is 0.735. The minimum Gasteiger partial charge on any atom is -0.316 e. The van der Waals surface area contributed by atoms with Gasteiger partial charge in [-0.2, -0.15) is 0 Å². The van der Waals surface area contributed by atoms with Crippen molar-refractivity contribution in [3.05, 3.63) is 48.4 Å². The summed E-state index contributed by atoms with van der Waals surface area (Å²) in [5.41, 5.74) is -0.483. The molecule has 0 spiro atoms. The first-order valence-corrected chi connectivity index (χ1v) is 10.4. The van der Waals surface area contributed by atoms with Gasteiger partial charge in [-0.25, -0.2) is 0 Å². The van der Waals surface area contributed by atoms with Crippen molar-refractivity contribution in [2.75, 3.05) is 26.4 Å². The number of H-pyrrole nitrogens is 2. The molecule has 26 heavy (non-hydrogen) atoms. The van der Waals surface area contributed by atoms with Crippen LogP contribution in [0.3, 0.4) is 0 Å². The Morgan fingerprint density at radius 2 is 1.77 bits per heavy atom. The number of hydrogen-bond donors (Lipinski definition) is 2. The summed E-state index contributed by atoms with van der Waals surface area (Å²) in [6, 6.07) is 4.02. The molecule has 0 aromatic carbocycles. The summed E-state index contributed by atoms with van der Waals surface area (Å²) in [4.78, 5) is 33.0. The lowest BCUT2D eigenvalue weighted by Gasteiger charge is -2.14. The maximum atomic E-state index is 12.3. The Morgan fingerprint density at radius 1 is 1.12 bits per heavy atom. The van der Waals surface area contributed by atoms with E-state index in [1.54, 1.807) is 35.3 Å². The summed E-state index contributed by atoms with van der Waals surface area (Å²) in [7, 11) is 4.11. The van der Waals surface area contributed by atoms with Crippen LogP contribution < -0.4 is 21.8 Å². The second-order valence-electron chi connectivity index (χ2n) is 7.66. The molecule has 142 valence electrons. The monoisotopic (exact) mass is 393 g/mol. The van der Waals surface area contributed by atoms with Gasteiger partial charge in [0.15, 0.2) is 0 Å². The van der Waals surface area contributed by atoms with Crippen LogP contribution in [0.2, 0.25) is 0 Å². The van der Waals surface area contributed by atoms with Crippen molar-refractivity contribution < 1.29 is 0 Å². The minimum atomic E-state index is -0.278. The van der Waals surface area contributed by atoms with Crippen LogP contribution in [0.25, 0.3) is 12.2 Å². The Balaban J connectivity index is 2.24. The van der Waals surface area contributed by atoms with Gasteiger partial charge in [-0.05, 0) is 44.1 Å². The number of aromatic nitrogens is 2. The first-order valence-electron chi connectivity index (χ1n) is 8.56. The van der Waals surface area contributed by atoms with Gasteiger partial charge in [0.05, 0.1) is 4.21 Å². The van der Waals surface area contributed by atoms with E-state index in [9.17, 15) is 9.59 Å². The zero-order valence-corrected chi connectivity index (χ0v) is 17.6.